The third kappa shape index (κ3) is 2.18. The number of hydrogen-bond donors (Lipinski definition) is 4. The van der Waals surface area contributed by atoms with Crippen molar-refractivity contribution in [3.63, 3.8) is 0 Å². The van der Waals surface area contributed by atoms with Gasteiger partial charge in [0.15, 0.2) is 5.60 Å². The van der Waals surface area contributed by atoms with Gasteiger partial charge in [-0.25, -0.2) is 13.6 Å². The Bertz CT molecular complexity index is 683. The number of sulfonamides is 1. The van der Waals surface area contributed by atoms with E-state index in [1.807, 2.05) is 0 Å². The Balaban J connectivity index is 2.61. The van der Waals surface area contributed by atoms with Crippen molar-refractivity contribution in [2.45, 2.75) is 16.9 Å². The van der Waals surface area contributed by atoms with Crippen molar-refractivity contribution in [1.82, 2.24) is 0 Å². The van der Waals surface area contributed by atoms with Gasteiger partial charge in [0.25, 0.3) is 5.91 Å². The molecular formula is C10H10N2O6S. The summed E-state index contributed by atoms with van der Waals surface area (Å²) in [6.07, 6.45) is -0.875. The molecule has 1 aromatic carbocycles. The average Bonchev–Trinajstić information content (AvgIpc) is 2.49. The summed E-state index contributed by atoms with van der Waals surface area (Å²) in [7, 11) is -4.02. The van der Waals surface area contributed by atoms with E-state index in [2.05, 4.69) is 5.32 Å². The van der Waals surface area contributed by atoms with Crippen LogP contribution in [-0.2, 0) is 25.2 Å². The minimum Gasteiger partial charge on any atom is -0.481 e. The van der Waals surface area contributed by atoms with Crippen molar-refractivity contribution in [3.8, 4) is 0 Å². The number of aliphatic hydroxyl groups is 1. The summed E-state index contributed by atoms with van der Waals surface area (Å²) >= 11 is 0. The zero-order valence-corrected chi connectivity index (χ0v) is 10.3. The van der Waals surface area contributed by atoms with Gasteiger partial charge in [-0.05, 0) is 18.2 Å². The summed E-state index contributed by atoms with van der Waals surface area (Å²) < 4.78 is 22.4. The lowest BCUT2D eigenvalue weighted by Crippen LogP contribution is -2.36. The Morgan fingerprint density at radius 2 is 2.05 bits per heavy atom. The first-order valence-corrected chi connectivity index (χ1v) is 6.62. The summed E-state index contributed by atoms with van der Waals surface area (Å²) in [4.78, 5) is 22.0. The first-order valence-electron chi connectivity index (χ1n) is 5.07. The van der Waals surface area contributed by atoms with Gasteiger partial charge in [-0.1, -0.05) is 0 Å². The highest BCUT2D eigenvalue weighted by molar-refractivity contribution is 7.89. The predicted molar refractivity (Wildman–Crippen MR) is 62.6 cm³/mol. The fraction of sp³-hybridized carbons (Fsp3) is 0.200. The molecule has 0 spiro atoms. The van der Waals surface area contributed by atoms with Crippen LogP contribution in [0.5, 0.6) is 0 Å². The molecule has 5 N–H and O–H groups in total. The Kier molecular flexibility index (Phi) is 2.84. The summed E-state index contributed by atoms with van der Waals surface area (Å²) in [5.74, 6) is -2.32. The molecule has 9 heteroatoms. The van der Waals surface area contributed by atoms with E-state index in [9.17, 15) is 23.1 Å². The number of hydrogen-bond acceptors (Lipinski definition) is 5. The first kappa shape index (κ1) is 13.5. The predicted octanol–water partition coefficient (Wildman–Crippen LogP) is -1.05. The second kappa shape index (κ2) is 4.02. The Morgan fingerprint density at radius 1 is 1.42 bits per heavy atom. The van der Waals surface area contributed by atoms with Crippen molar-refractivity contribution in [2.75, 3.05) is 5.32 Å². The molecule has 0 aromatic heterocycles. The number of carbonyl (C=O) groups excluding carboxylic acids is 1. The standard InChI is InChI=1S/C10H10N2O6S/c11-19(17,18)5-1-2-7-6(3-5)10(16,4-8(13)14)9(15)12-7/h1-3,16H,4H2,(H,12,15)(H,13,14)(H2,11,17,18). The van der Waals surface area contributed by atoms with Crippen molar-refractivity contribution in [2.24, 2.45) is 5.14 Å². The molecule has 1 aromatic rings. The number of carboxylic acids is 1. The molecule has 1 unspecified atom stereocenters. The summed E-state index contributed by atoms with van der Waals surface area (Å²) in [6, 6.07) is 3.39. The van der Waals surface area contributed by atoms with Gasteiger partial charge in [-0.15, -0.1) is 0 Å². The number of nitrogens with two attached hydrogens (primary N) is 1. The number of anilines is 1. The van der Waals surface area contributed by atoms with E-state index in [1.54, 1.807) is 0 Å². The van der Waals surface area contributed by atoms with Crippen molar-refractivity contribution in [3.05, 3.63) is 23.8 Å². The van der Waals surface area contributed by atoms with Crippen LogP contribution in [0.3, 0.4) is 0 Å². The zero-order chi connectivity index (χ0) is 14.4. The van der Waals surface area contributed by atoms with Gasteiger partial charge in [-0.3, -0.25) is 9.59 Å². The molecular weight excluding hydrogens is 276 g/mol. The molecule has 102 valence electrons. The topological polar surface area (TPSA) is 147 Å². The number of primary sulfonamides is 1. The molecule has 0 fully saturated rings. The summed E-state index contributed by atoms with van der Waals surface area (Å²) in [5.41, 5.74) is -2.27. The van der Waals surface area contributed by atoms with Gasteiger partial charge in [-0.2, -0.15) is 0 Å². The van der Waals surface area contributed by atoms with Crippen LogP contribution in [0.4, 0.5) is 5.69 Å². The van der Waals surface area contributed by atoms with Crippen LogP contribution in [0.25, 0.3) is 0 Å². The largest absolute Gasteiger partial charge is 0.481 e. The van der Waals surface area contributed by atoms with Crippen LogP contribution in [0, 0.1) is 0 Å². The SMILES string of the molecule is NS(=O)(=O)c1ccc2c(c1)C(O)(CC(=O)O)C(=O)N2. The van der Waals surface area contributed by atoms with E-state index in [1.165, 1.54) is 6.07 Å². The van der Waals surface area contributed by atoms with Crippen molar-refractivity contribution < 1.29 is 28.2 Å². The van der Waals surface area contributed by atoms with Gasteiger partial charge in [0.05, 0.1) is 11.3 Å². The highest BCUT2D eigenvalue weighted by Crippen LogP contribution is 2.39. The van der Waals surface area contributed by atoms with E-state index in [-0.39, 0.29) is 16.1 Å². The second-order valence-electron chi connectivity index (χ2n) is 4.14. The van der Waals surface area contributed by atoms with Crippen LogP contribution < -0.4 is 10.5 Å². The van der Waals surface area contributed by atoms with E-state index in [4.69, 9.17) is 10.2 Å². The van der Waals surface area contributed by atoms with Crippen molar-refractivity contribution in [1.29, 1.82) is 0 Å². The maximum Gasteiger partial charge on any atom is 0.307 e. The van der Waals surface area contributed by atoms with Crippen LogP contribution in [0.15, 0.2) is 23.1 Å². The minimum atomic E-state index is -4.02. The molecule has 0 bridgehead atoms. The number of carbonyl (C=O) groups is 2. The molecule has 0 saturated heterocycles. The number of aliphatic carboxylic acids is 1. The molecule has 8 nitrogen and oxygen atoms in total. The van der Waals surface area contributed by atoms with Gasteiger partial charge in [0, 0.05) is 11.3 Å². The number of carboxylic acid groups (broad SMARTS) is 1. The summed E-state index contributed by atoms with van der Waals surface area (Å²) in [6.45, 7) is 0. The number of amides is 1. The lowest BCUT2D eigenvalue weighted by molar-refractivity contribution is -0.149. The van der Waals surface area contributed by atoms with Gasteiger partial charge < -0.3 is 15.5 Å². The van der Waals surface area contributed by atoms with E-state index in [0.717, 1.165) is 12.1 Å². The third-order valence-electron chi connectivity index (χ3n) is 2.80. The molecule has 1 amide bonds. The second-order valence-corrected chi connectivity index (χ2v) is 5.70. The summed E-state index contributed by atoms with van der Waals surface area (Å²) in [5, 5.41) is 26.1. The maximum absolute atomic E-state index is 11.6. The highest BCUT2D eigenvalue weighted by Gasteiger charge is 2.47. The fourth-order valence-electron chi connectivity index (χ4n) is 1.89. The zero-order valence-electron chi connectivity index (χ0n) is 9.45. The number of fused-ring (bicyclic) bond motifs is 1. The van der Waals surface area contributed by atoms with E-state index in [0.29, 0.717) is 0 Å². The minimum absolute atomic E-state index is 0.119. The lowest BCUT2D eigenvalue weighted by atomic mass is 9.92. The molecule has 2 rings (SSSR count). The van der Waals surface area contributed by atoms with Gasteiger partial charge in [0.1, 0.15) is 0 Å². The van der Waals surface area contributed by atoms with Gasteiger partial charge in [0.2, 0.25) is 10.0 Å². The molecule has 1 aliphatic heterocycles. The maximum atomic E-state index is 11.6. The highest BCUT2D eigenvalue weighted by atomic mass is 32.2. The fourth-order valence-corrected chi connectivity index (χ4v) is 2.43. The van der Waals surface area contributed by atoms with E-state index >= 15 is 0 Å². The third-order valence-corrected chi connectivity index (χ3v) is 3.71. The Labute approximate surface area is 107 Å². The monoisotopic (exact) mass is 286 g/mol. The van der Waals surface area contributed by atoms with E-state index < -0.39 is 33.9 Å². The normalized spacial score (nSPS) is 21.9. The average molecular weight is 286 g/mol. The molecule has 0 aliphatic carbocycles. The number of nitrogens with one attached hydrogen (secondary N) is 1. The number of rotatable bonds is 3. The molecule has 0 radical (unpaired) electrons. The molecule has 1 atom stereocenters. The quantitative estimate of drug-likeness (QED) is 0.557. The molecule has 1 aliphatic rings. The smallest absolute Gasteiger partial charge is 0.307 e. The Morgan fingerprint density at radius 3 is 2.58 bits per heavy atom. The Hall–Kier alpha value is -1.97. The lowest BCUT2D eigenvalue weighted by Gasteiger charge is -2.18. The van der Waals surface area contributed by atoms with Crippen LogP contribution in [0.1, 0.15) is 12.0 Å². The first-order chi connectivity index (χ1) is 8.64. The molecule has 1 heterocycles. The number of benzene rings is 1. The van der Waals surface area contributed by atoms with Crippen LogP contribution in [0.2, 0.25) is 0 Å². The van der Waals surface area contributed by atoms with Crippen LogP contribution >= 0.6 is 0 Å². The molecule has 0 saturated carbocycles. The molecule has 19 heavy (non-hydrogen) atoms. The van der Waals surface area contributed by atoms with Gasteiger partial charge >= 0.3 is 5.97 Å². The van der Waals surface area contributed by atoms with Crippen LogP contribution in [-0.4, -0.2) is 30.5 Å². The van der Waals surface area contributed by atoms with Crippen molar-refractivity contribution >= 4 is 27.6 Å².